The maximum Gasteiger partial charge on any atom is 0.410 e. The van der Waals surface area contributed by atoms with E-state index in [0.717, 1.165) is 13.1 Å². The van der Waals surface area contributed by atoms with Gasteiger partial charge >= 0.3 is 6.09 Å². The van der Waals surface area contributed by atoms with Crippen molar-refractivity contribution in [2.45, 2.75) is 50.9 Å². The number of anilines is 1. The van der Waals surface area contributed by atoms with Gasteiger partial charge in [0.15, 0.2) is 11.6 Å². The maximum atomic E-state index is 15.5. The number of halogens is 3. The number of imidazole rings is 1. The molecule has 4 heterocycles. The Morgan fingerprint density at radius 2 is 2.03 bits per heavy atom. The molecule has 2 saturated heterocycles. The van der Waals surface area contributed by atoms with Gasteiger partial charge in [0.2, 0.25) is 6.54 Å². The topological polar surface area (TPSA) is 71.1 Å². The smallest absolute Gasteiger partial charge is 0.410 e. The Morgan fingerprint density at radius 1 is 1.32 bits per heavy atom. The van der Waals surface area contributed by atoms with E-state index >= 15 is 4.39 Å². The number of likely N-dealkylation sites (tertiary alicyclic amines) is 1. The number of carbonyl (C=O) groups excluding carboxylic acids is 1. The van der Waals surface area contributed by atoms with E-state index in [2.05, 4.69) is 30.6 Å². The van der Waals surface area contributed by atoms with Gasteiger partial charge in [0.05, 0.1) is 27.4 Å². The van der Waals surface area contributed by atoms with E-state index in [-0.39, 0.29) is 33.6 Å². The van der Waals surface area contributed by atoms with Crippen molar-refractivity contribution in [1.29, 1.82) is 0 Å². The van der Waals surface area contributed by atoms with Crippen molar-refractivity contribution in [3.05, 3.63) is 39.1 Å². The lowest BCUT2D eigenvalue weighted by Crippen LogP contribution is -2.57. The summed E-state index contributed by atoms with van der Waals surface area (Å²) in [6.45, 7) is 14.9. The van der Waals surface area contributed by atoms with Crippen molar-refractivity contribution in [3.63, 3.8) is 0 Å². The SMILES string of the molecule is [C-]#[N+]C[C@H]1C[C@@H](n2cnc3c(N4CC(N(C)C)C4)nc4c(F)c(Br)c(Cl)cc4c32)CN1C(=O)OC(C)(C)C. The van der Waals surface area contributed by atoms with Gasteiger partial charge in [-0.15, -0.1) is 0 Å². The highest BCUT2D eigenvalue weighted by molar-refractivity contribution is 9.10. The van der Waals surface area contributed by atoms with Crippen molar-refractivity contribution >= 4 is 61.4 Å². The molecule has 202 valence electrons. The molecule has 0 N–H and O–H groups in total. The molecule has 0 saturated carbocycles. The van der Waals surface area contributed by atoms with Gasteiger partial charge in [0, 0.05) is 31.1 Å². The molecule has 9 nitrogen and oxygen atoms in total. The third kappa shape index (κ3) is 4.67. The van der Waals surface area contributed by atoms with E-state index in [1.807, 2.05) is 39.4 Å². The Hall–Kier alpha value is -2.68. The number of amides is 1. The van der Waals surface area contributed by atoms with E-state index in [4.69, 9.17) is 32.9 Å². The average molecular weight is 607 g/mol. The number of carbonyl (C=O) groups is 1. The molecule has 5 rings (SSSR count). The molecule has 3 aromatic rings. The summed E-state index contributed by atoms with van der Waals surface area (Å²) in [6, 6.07) is 1.59. The average Bonchev–Trinajstić information content (AvgIpc) is 3.41. The Bertz CT molecular complexity index is 1460. The molecule has 0 spiro atoms. The van der Waals surface area contributed by atoms with Crippen LogP contribution in [0.25, 0.3) is 26.8 Å². The largest absolute Gasteiger partial charge is 0.444 e. The highest BCUT2D eigenvalue weighted by Gasteiger charge is 2.41. The van der Waals surface area contributed by atoms with Crippen LogP contribution in [-0.2, 0) is 4.74 Å². The molecule has 0 bridgehead atoms. The molecular formula is C26H30BrClFN7O2. The summed E-state index contributed by atoms with van der Waals surface area (Å²) in [7, 11) is 4.07. The number of rotatable bonds is 4. The summed E-state index contributed by atoms with van der Waals surface area (Å²) in [6.07, 6.45) is 1.83. The number of ether oxygens (including phenoxy) is 1. The molecule has 1 amide bonds. The summed E-state index contributed by atoms with van der Waals surface area (Å²) in [5.74, 6) is 0.0953. The third-order valence-corrected chi connectivity index (χ3v) is 8.52. The second kappa shape index (κ2) is 9.81. The van der Waals surface area contributed by atoms with E-state index in [1.165, 1.54) is 0 Å². The Morgan fingerprint density at radius 3 is 2.66 bits per heavy atom. The summed E-state index contributed by atoms with van der Waals surface area (Å²) >= 11 is 9.65. The standard InChI is InChI=1S/C26H30BrClFN7O2/c1-26(2,3)38-25(37)35-12-15(7-14(35)9-30-4)36-13-31-22-23(36)17-8-18(28)19(27)20(29)21(17)32-24(22)34-10-16(11-34)33(5)6/h8,13-16H,7,9-12H2,1-3,5-6H3/t14-,15-/m1/s1. The van der Waals surface area contributed by atoms with Crippen LogP contribution in [0.15, 0.2) is 16.9 Å². The van der Waals surface area contributed by atoms with E-state index in [0.29, 0.717) is 41.2 Å². The minimum atomic E-state index is -0.653. The number of hydrogen-bond donors (Lipinski definition) is 0. The maximum absolute atomic E-state index is 15.5. The van der Waals surface area contributed by atoms with Crippen molar-refractivity contribution < 1.29 is 13.9 Å². The number of nitrogens with zero attached hydrogens (tertiary/aromatic N) is 7. The molecule has 12 heteroatoms. The highest BCUT2D eigenvalue weighted by Crippen LogP contribution is 2.41. The van der Waals surface area contributed by atoms with Crippen molar-refractivity contribution in [2.75, 3.05) is 45.2 Å². The normalized spacial score (nSPS) is 20.4. The van der Waals surface area contributed by atoms with Gasteiger partial charge in [-0.3, -0.25) is 4.90 Å². The summed E-state index contributed by atoms with van der Waals surface area (Å²) in [5, 5.41) is 0.789. The van der Waals surface area contributed by atoms with Crippen LogP contribution >= 0.6 is 27.5 Å². The predicted octanol–water partition coefficient (Wildman–Crippen LogP) is 5.36. The Kier molecular flexibility index (Phi) is 6.95. The molecule has 0 unspecified atom stereocenters. The van der Waals surface area contributed by atoms with Crippen LogP contribution in [0.2, 0.25) is 5.02 Å². The van der Waals surface area contributed by atoms with Gasteiger partial charge in [-0.25, -0.2) is 25.7 Å². The van der Waals surface area contributed by atoms with Gasteiger partial charge in [-0.2, -0.15) is 0 Å². The molecule has 2 atom stereocenters. The number of aromatic nitrogens is 3. The van der Waals surface area contributed by atoms with Crippen LogP contribution in [0.4, 0.5) is 15.0 Å². The summed E-state index contributed by atoms with van der Waals surface area (Å²) < 4.78 is 23.3. The zero-order valence-electron chi connectivity index (χ0n) is 22.0. The summed E-state index contributed by atoms with van der Waals surface area (Å²) in [5.41, 5.74) is 0.923. The van der Waals surface area contributed by atoms with Gasteiger partial charge in [-0.05, 0) is 63.3 Å². The van der Waals surface area contributed by atoms with Crippen LogP contribution in [0, 0.1) is 12.4 Å². The molecule has 0 aliphatic carbocycles. The van der Waals surface area contributed by atoms with Crippen LogP contribution in [0.5, 0.6) is 0 Å². The van der Waals surface area contributed by atoms with Crippen LogP contribution in [0.1, 0.15) is 33.2 Å². The van der Waals surface area contributed by atoms with Gasteiger partial charge < -0.3 is 23.9 Å². The quantitative estimate of drug-likeness (QED) is 0.294. The van der Waals surface area contributed by atoms with E-state index < -0.39 is 17.5 Å². The first kappa shape index (κ1) is 26.9. The Balaban J connectivity index is 1.62. The van der Waals surface area contributed by atoms with Crippen molar-refractivity contribution in [3.8, 4) is 0 Å². The minimum Gasteiger partial charge on any atom is -0.444 e. The molecule has 1 aromatic carbocycles. The van der Waals surface area contributed by atoms with Crippen LogP contribution in [-0.4, -0.2) is 88.4 Å². The molecule has 2 aromatic heterocycles. The predicted molar refractivity (Wildman–Crippen MR) is 149 cm³/mol. The molecule has 2 aliphatic rings. The van der Waals surface area contributed by atoms with E-state index in [9.17, 15) is 4.79 Å². The Labute approximate surface area is 234 Å². The lowest BCUT2D eigenvalue weighted by molar-refractivity contribution is 0.0232. The molecule has 2 fully saturated rings. The fraction of sp³-hybridized carbons (Fsp3) is 0.538. The lowest BCUT2D eigenvalue weighted by Gasteiger charge is -2.43. The first-order valence-corrected chi connectivity index (χ1v) is 13.6. The second-order valence-corrected chi connectivity index (χ2v) is 12.4. The fourth-order valence-corrected chi connectivity index (χ4v) is 5.69. The third-order valence-electron chi connectivity index (χ3n) is 7.22. The van der Waals surface area contributed by atoms with E-state index in [1.54, 1.807) is 17.3 Å². The summed E-state index contributed by atoms with van der Waals surface area (Å²) in [4.78, 5) is 32.0. The number of hydrogen-bond acceptors (Lipinski definition) is 6. The monoisotopic (exact) mass is 605 g/mol. The highest BCUT2D eigenvalue weighted by atomic mass is 79.9. The second-order valence-electron chi connectivity index (χ2n) is 11.2. The number of likely N-dealkylation sites (N-methyl/N-ethyl adjacent to an activating group) is 1. The van der Waals surface area contributed by atoms with Gasteiger partial charge in [-0.1, -0.05) is 11.6 Å². The lowest BCUT2D eigenvalue weighted by atomic mass is 10.1. The molecule has 0 radical (unpaired) electrons. The molecular weight excluding hydrogens is 577 g/mol. The molecule has 2 aliphatic heterocycles. The number of benzene rings is 1. The fourth-order valence-electron chi connectivity index (χ4n) is 5.19. The number of fused-ring (bicyclic) bond motifs is 3. The zero-order valence-corrected chi connectivity index (χ0v) is 24.3. The zero-order chi connectivity index (χ0) is 27.5. The number of pyridine rings is 1. The first-order chi connectivity index (χ1) is 17.9. The molecule has 38 heavy (non-hydrogen) atoms. The van der Waals surface area contributed by atoms with Gasteiger partial charge in [0.1, 0.15) is 22.7 Å². The van der Waals surface area contributed by atoms with Crippen molar-refractivity contribution in [2.24, 2.45) is 0 Å². The minimum absolute atomic E-state index is 0.166. The van der Waals surface area contributed by atoms with Crippen molar-refractivity contribution in [1.82, 2.24) is 24.3 Å². The van der Waals surface area contributed by atoms with Crippen LogP contribution < -0.4 is 4.90 Å². The first-order valence-electron chi connectivity index (χ1n) is 12.5. The van der Waals surface area contributed by atoms with Gasteiger partial charge in [0.25, 0.3) is 0 Å². The van der Waals surface area contributed by atoms with Crippen LogP contribution in [0.3, 0.4) is 0 Å².